The van der Waals surface area contributed by atoms with Crippen molar-refractivity contribution in [2.45, 2.75) is 29.3 Å². The third kappa shape index (κ3) is 4.85. The molecule has 1 aromatic carbocycles. The van der Waals surface area contributed by atoms with Gasteiger partial charge in [-0.1, -0.05) is 12.1 Å². The Balaban J connectivity index is 2.88. The minimum Gasteiger partial charge on any atom is -0.462 e. The summed E-state index contributed by atoms with van der Waals surface area (Å²) < 4.78 is 68.0. The molecule has 21 heavy (non-hydrogen) atoms. The number of hydrogen-bond donors (Lipinski definition) is 1. The van der Waals surface area contributed by atoms with Crippen molar-refractivity contribution < 1.29 is 31.5 Å². The minimum atomic E-state index is -4.47. The molecule has 3 nitrogen and oxygen atoms in total. The fourth-order valence-corrected chi connectivity index (χ4v) is 1.98. The van der Waals surface area contributed by atoms with E-state index >= 15 is 0 Å². The molecule has 0 radical (unpaired) electrons. The zero-order valence-electron chi connectivity index (χ0n) is 10.8. The second-order valence-corrected chi connectivity index (χ2v) is 5.08. The molecule has 0 bridgehead atoms. The van der Waals surface area contributed by atoms with Crippen LogP contribution in [0.2, 0.25) is 0 Å². The van der Waals surface area contributed by atoms with Gasteiger partial charge in [0.1, 0.15) is 6.04 Å². The maximum absolute atomic E-state index is 13.7. The molecular weight excluding hydrogens is 317 g/mol. The first kappa shape index (κ1) is 17.7. The molecule has 0 heterocycles. The second-order valence-electron chi connectivity index (χ2n) is 3.94. The highest BCUT2D eigenvalue weighted by molar-refractivity contribution is 8.00. The van der Waals surface area contributed by atoms with Crippen molar-refractivity contribution >= 4 is 17.7 Å². The number of esters is 1. The molecule has 2 N–H and O–H groups in total. The smallest absolute Gasteiger partial charge is 0.446 e. The molecule has 118 valence electrons. The van der Waals surface area contributed by atoms with Crippen molar-refractivity contribution in [3.8, 4) is 0 Å². The van der Waals surface area contributed by atoms with Gasteiger partial charge >= 0.3 is 17.4 Å². The molecule has 1 aromatic rings. The fourth-order valence-electron chi connectivity index (χ4n) is 1.44. The first-order valence-electron chi connectivity index (χ1n) is 5.74. The van der Waals surface area contributed by atoms with E-state index in [0.29, 0.717) is 0 Å². The summed E-state index contributed by atoms with van der Waals surface area (Å²) in [5.41, 5.74) is 0.661. The molecule has 1 rings (SSSR count). The third-order valence-electron chi connectivity index (χ3n) is 2.41. The lowest BCUT2D eigenvalue weighted by molar-refractivity contribution is -0.174. The highest BCUT2D eigenvalue weighted by atomic mass is 32.2. The highest BCUT2D eigenvalue weighted by Gasteiger charge is 2.47. The zero-order valence-corrected chi connectivity index (χ0v) is 11.6. The summed E-state index contributed by atoms with van der Waals surface area (Å²) in [6, 6.07) is 2.06. The van der Waals surface area contributed by atoms with Crippen molar-refractivity contribution in [1.29, 1.82) is 0 Å². The summed E-state index contributed by atoms with van der Waals surface area (Å²) in [6.45, 7) is 1.13. The molecule has 0 saturated carbocycles. The molecule has 9 heteroatoms. The standard InChI is InChI=1S/C12H12F5NO2S/c1-2-20-10(19)11(13,14)9(18)7-3-5-8(6-4-7)21-12(15,16)17/h3-6,9H,2,18H2,1H3/t9-/m1/s1. The number of alkyl halides is 5. The lowest BCUT2D eigenvalue weighted by atomic mass is 10.0. The van der Waals surface area contributed by atoms with Gasteiger partial charge in [-0.05, 0) is 36.4 Å². The molecule has 0 aromatic heterocycles. The van der Waals surface area contributed by atoms with Gasteiger partial charge in [0.25, 0.3) is 0 Å². The first-order valence-corrected chi connectivity index (χ1v) is 6.56. The number of rotatable bonds is 5. The van der Waals surface area contributed by atoms with Gasteiger partial charge in [-0.25, -0.2) is 4.79 Å². The average Bonchev–Trinajstić information content (AvgIpc) is 2.37. The molecule has 0 unspecified atom stereocenters. The molecular formula is C12H12F5NO2S. The van der Waals surface area contributed by atoms with Crippen molar-refractivity contribution in [3.05, 3.63) is 29.8 Å². The quantitative estimate of drug-likeness (QED) is 0.510. The van der Waals surface area contributed by atoms with Crippen LogP contribution >= 0.6 is 11.8 Å². The van der Waals surface area contributed by atoms with E-state index < -0.39 is 23.4 Å². The Morgan fingerprint density at radius 2 is 1.76 bits per heavy atom. The maximum Gasteiger partial charge on any atom is 0.446 e. The van der Waals surface area contributed by atoms with Crippen LogP contribution < -0.4 is 5.73 Å². The molecule has 0 saturated heterocycles. The highest BCUT2D eigenvalue weighted by Crippen LogP contribution is 2.38. The summed E-state index contributed by atoms with van der Waals surface area (Å²) in [6.07, 6.45) is 0. The summed E-state index contributed by atoms with van der Waals surface area (Å²) in [5, 5.41) is 0. The van der Waals surface area contributed by atoms with Crippen molar-refractivity contribution in [1.82, 2.24) is 0 Å². The first-order chi connectivity index (χ1) is 9.58. The van der Waals surface area contributed by atoms with E-state index in [-0.39, 0.29) is 28.8 Å². The maximum atomic E-state index is 13.7. The van der Waals surface area contributed by atoms with Crippen LogP contribution in [-0.4, -0.2) is 24.0 Å². The van der Waals surface area contributed by atoms with Gasteiger partial charge < -0.3 is 10.5 Å². The number of carbonyl (C=O) groups excluding carboxylic acids is 1. The number of benzene rings is 1. The minimum absolute atomic E-state index is 0.167. The molecule has 0 aliphatic rings. The molecule has 0 spiro atoms. The van der Waals surface area contributed by atoms with Gasteiger partial charge in [-0.15, -0.1) is 0 Å². The number of thioether (sulfide) groups is 1. The fraction of sp³-hybridized carbons (Fsp3) is 0.417. The third-order valence-corrected chi connectivity index (χ3v) is 3.15. The van der Waals surface area contributed by atoms with E-state index in [0.717, 1.165) is 24.3 Å². The summed E-state index contributed by atoms with van der Waals surface area (Å²) >= 11 is -0.377. The molecule has 0 aliphatic carbocycles. The van der Waals surface area contributed by atoms with E-state index in [9.17, 15) is 26.7 Å². The van der Waals surface area contributed by atoms with Crippen LogP contribution in [0.1, 0.15) is 18.5 Å². The van der Waals surface area contributed by atoms with E-state index in [2.05, 4.69) is 4.74 Å². The van der Waals surface area contributed by atoms with Crippen LogP contribution in [0, 0.1) is 0 Å². The van der Waals surface area contributed by atoms with E-state index in [1.54, 1.807) is 0 Å². The number of halogens is 5. The van der Waals surface area contributed by atoms with Gasteiger partial charge in [-0.2, -0.15) is 22.0 Å². The Morgan fingerprint density at radius 1 is 1.24 bits per heavy atom. The van der Waals surface area contributed by atoms with Gasteiger partial charge in [0.15, 0.2) is 0 Å². The lowest BCUT2D eigenvalue weighted by Crippen LogP contribution is -2.41. The Morgan fingerprint density at radius 3 is 2.19 bits per heavy atom. The summed E-state index contributed by atoms with van der Waals surface area (Å²) in [4.78, 5) is 11.0. The molecule has 0 aliphatic heterocycles. The number of nitrogens with two attached hydrogens (primary N) is 1. The second kappa shape index (κ2) is 6.61. The summed E-state index contributed by atoms with van der Waals surface area (Å²) in [7, 11) is 0. The van der Waals surface area contributed by atoms with E-state index in [1.165, 1.54) is 6.92 Å². The Labute approximate surface area is 121 Å². The van der Waals surface area contributed by atoms with Crippen molar-refractivity contribution in [2.24, 2.45) is 5.73 Å². The molecule has 0 amide bonds. The molecule has 0 fully saturated rings. The Kier molecular flexibility index (Phi) is 5.57. The van der Waals surface area contributed by atoms with Gasteiger partial charge in [0, 0.05) is 4.90 Å². The SMILES string of the molecule is CCOC(=O)C(F)(F)[C@H](N)c1ccc(SC(F)(F)F)cc1. The number of ether oxygens (including phenoxy) is 1. The monoisotopic (exact) mass is 329 g/mol. The number of hydrogen-bond acceptors (Lipinski definition) is 4. The van der Waals surface area contributed by atoms with Crippen LogP contribution in [0.4, 0.5) is 22.0 Å². The van der Waals surface area contributed by atoms with Crippen molar-refractivity contribution in [2.75, 3.05) is 6.61 Å². The van der Waals surface area contributed by atoms with Crippen LogP contribution in [0.15, 0.2) is 29.2 Å². The predicted octanol–water partition coefficient (Wildman–Crippen LogP) is 3.50. The average molecular weight is 329 g/mol. The van der Waals surface area contributed by atoms with Gasteiger partial charge in [0.2, 0.25) is 0 Å². The topological polar surface area (TPSA) is 52.3 Å². The Hall–Kier alpha value is -1.35. The normalized spacial score (nSPS) is 13.9. The zero-order chi connectivity index (χ0) is 16.3. The largest absolute Gasteiger partial charge is 0.462 e. The van der Waals surface area contributed by atoms with Gasteiger partial charge in [-0.3, -0.25) is 0 Å². The van der Waals surface area contributed by atoms with Crippen LogP contribution in [0.5, 0.6) is 0 Å². The van der Waals surface area contributed by atoms with Crippen molar-refractivity contribution in [3.63, 3.8) is 0 Å². The Bertz CT molecular complexity index is 489. The van der Waals surface area contributed by atoms with Crippen LogP contribution in [-0.2, 0) is 9.53 Å². The molecule has 1 atom stereocenters. The van der Waals surface area contributed by atoms with Crippen LogP contribution in [0.3, 0.4) is 0 Å². The summed E-state index contributed by atoms with van der Waals surface area (Å²) in [5.74, 6) is -5.74. The van der Waals surface area contributed by atoms with Crippen LogP contribution in [0.25, 0.3) is 0 Å². The lowest BCUT2D eigenvalue weighted by Gasteiger charge is -2.22. The van der Waals surface area contributed by atoms with E-state index in [4.69, 9.17) is 5.73 Å². The van der Waals surface area contributed by atoms with E-state index in [1.807, 2.05) is 0 Å². The van der Waals surface area contributed by atoms with Gasteiger partial charge in [0.05, 0.1) is 6.61 Å². The predicted molar refractivity (Wildman–Crippen MR) is 66.9 cm³/mol. The number of carbonyl (C=O) groups is 1.